The molecule has 0 atom stereocenters. The number of anilines is 1. The molecule has 2 rings (SSSR count). The summed E-state index contributed by atoms with van der Waals surface area (Å²) >= 11 is 6.09. The van der Waals surface area contributed by atoms with Crippen molar-refractivity contribution in [1.82, 2.24) is 5.16 Å². The highest BCUT2D eigenvalue weighted by atomic mass is 35.5. The van der Waals surface area contributed by atoms with Crippen molar-refractivity contribution in [2.24, 2.45) is 0 Å². The molecular weight excluding hydrogens is 228 g/mol. The lowest BCUT2D eigenvalue weighted by molar-refractivity contribution is 0.416. The van der Waals surface area contributed by atoms with Crippen LogP contribution in [-0.4, -0.2) is 12.3 Å². The highest BCUT2D eigenvalue weighted by Gasteiger charge is 2.15. The van der Waals surface area contributed by atoms with E-state index in [1.807, 2.05) is 19.1 Å². The molecular formula is C11H11ClN2O2. The minimum atomic E-state index is 0.250. The van der Waals surface area contributed by atoms with Gasteiger partial charge in [0, 0.05) is 5.56 Å². The largest absolute Gasteiger partial charge is 0.495 e. The number of ether oxygens (including phenoxy) is 1. The maximum atomic E-state index is 6.09. The predicted octanol–water partition coefficient (Wildman–Crippen LogP) is 2.89. The highest BCUT2D eigenvalue weighted by molar-refractivity contribution is 6.32. The van der Waals surface area contributed by atoms with E-state index in [4.69, 9.17) is 26.6 Å². The van der Waals surface area contributed by atoms with Crippen LogP contribution < -0.4 is 10.5 Å². The highest BCUT2D eigenvalue weighted by Crippen LogP contribution is 2.39. The summed E-state index contributed by atoms with van der Waals surface area (Å²) in [6, 6.07) is 3.75. The van der Waals surface area contributed by atoms with Gasteiger partial charge in [0.2, 0.25) is 5.88 Å². The Labute approximate surface area is 97.9 Å². The summed E-state index contributed by atoms with van der Waals surface area (Å²) in [7, 11) is 1.56. The monoisotopic (exact) mass is 238 g/mol. The summed E-state index contributed by atoms with van der Waals surface area (Å²) in [5.41, 5.74) is 8.15. The fourth-order valence-corrected chi connectivity index (χ4v) is 1.94. The van der Waals surface area contributed by atoms with Gasteiger partial charge in [-0.2, -0.15) is 0 Å². The molecule has 0 bridgehead atoms. The first-order chi connectivity index (χ1) is 7.63. The van der Waals surface area contributed by atoms with E-state index in [0.29, 0.717) is 16.3 Å². The predicted molar refractivity (Wildman–Crippen MR) is 62.7 cm³/mol. The van der Waals surface area contributed by atoms with Crippen molar-refractivity contribution in [2.75, 3.05) is 12.8 Å². The molecule has 0 amide bonds. The van der Waals surface area contributed by atoms with Crippen LogP contribution in [0.15, 0.2) is 22.9 Å². The van der Waals surface area contributed by atoms with Gasteiger partial charge in [-0.05, 0) is 24.6 Å². The lowest BCUT2D eigenvalue weighted by atomic mass is 10.0. The lowest BCUT2D eigenvalue weighted by Crippen LogP contribution is -1.92. The van der Waals surface area contributed by atoms with Crippen LogP contribution in [0.4, 0.5) is 5.88 Å². The average molecular weight is 239 g/mol. The smallest absolute Gasteiger partial charge is 0.230 e. The molecule has 0 aliphatic rings. The molecule has 0 unspecified atom stereocenters. The Morgan fingerprint density at radius 2 is 2.12 bits per heavy atom. The Balaban J connectivity index is 2.68. The van der Waals surface area contributed by atoms with Gasteiger partial charge >= 0.3 is 0 Å². The van der Waals surface area contributed by atoms with Crippen molar-refractivity contribution in [2.45, 2.75) is 6.92 Å². The van der Waals surface area contributed by atoms with Gasteiger partial charge < -0.3 is 15.0 Å². The van der Waals surface area contributed by atoms with E-state index in [-0.39, 0.29) is 5.88 Å². The minimum absolute atomic E-state index is 0.250. The number of benzene rings is 1. The summed E-state index contributed by atoms with van der Waals surface area (Å²) in [5.74, 6) is 0.821. The molecule has 0 radical (unpaired) electrons. The minimum Gasteiger partial charge on any atom is -0.495 e. The van der Waals surface area contributed by atoms with Crippen LogP contribution in [0.5, 0.6) is 5.75 Å². The maximum absolute atomic E-state index is 6.09. The average Bonchev–Trinajstić information content (AvgIpc) is 2.63. The second-order valence-corrected chi connectivity index (χ2v) is 3.84. The van der Waals surface area contributed by atoms with Crippen LogP contribution in [0, 0.1) is 6.92 Å². The molecule has 16 heavy (non-hydrogen) atoms. The van der Waals surface area contributed by atoms with Crippen molar-refractivity contribution in [3.8, 4) is 16.9 Å². The first-order valence-electron chi connectivity index (χ1n) is 4.68. The third kappa shape index (κ3) is 1.72. The van der Waals surface area contributed by atoms with E-state index in [1.165, 1.54) is 0 Å². The molecule has 0 saturated heterocycles. The van der Waals surface area contributed by atoms with Gasteiger partial charge in [-0.25, -0.2) is 0 Å². The van der Waals surface area contributed by atoms with Gasteiger partial charge in [-0.1, -0.05) is 16.8 Å². The number of halogens is 1. The number of nitrogen functional groups attached to an aromatic ring is 1. The van der Waals surface area contributed by atoms with Gasteiger partial charge in [-0.15, -0.1) is 0 Å². The summed E-state index contributed by atoms with van der Waals surface area (Å²) in [4.78, 5) is 0. The Bertz CT molecular complexity index is 523. The van der Waals surface area contributed by atoms with Gasteiger partial charge in [0.05, 0.1) is 23.9 Å². The number of nitrogens with two attached hydrogens (primary N) is 1. The molecule has 1 aromatic heterocycles. The van der Waals surface area contributed by atoms with E-state index >= 15 is 0 Å². The van der Waals surface area contributed by atoms with E-state index in [2.05, 4.69) is 5.16 Å². The second-order valence-electron chi connectivity index (χ2n) is 3.43. The molecule has 1 heterocycles. The third-order valence-corrected chi connectivity index (χ3v) is 2.56. The van der Waals surface area contributed by atoms with Gasteiger partial charge in [0.25, 0.3) is 0 Å². The van der Waals surface area contributed by atoms with Crippen LogP contribution in [0.2, 0.25) is 5.02 Å². The number of methoxy groups -OCH3 is 1. The number of hydrogen-bond acceptors (Lipinski definition) is 4. The quantitative estimate of drug-likeness (QED) is 0.874. The summed E-state index contributed by atoms with van der Waals surface area (Å²) in [5, 5.41) is 4.17. The molecule has 2 aromatic rings. The summed E-state index contributed by atoms with van der Waals surface area (Å²) < 4.78 is 10.1. The molecule has 84 valence electrons. The first kappa shape index (κ1) is 10.8. The van der Waals surface area contributed by atoms with Crippen molar-refractivity contribution in [3.63, 3.8) is 0 Å². The molecule has 1 aromatic carbocycles. The Morgan fingerprint density at radius 1 is 1.38 bits per heavy atom. The van der Waals surface area contributed by atoms with Gasteiger partial charge in [0.15, 0.2) is 0 Å². The van der Waals surface area contributed by atoms with Crippen molar-refractivity contribution in [1.29, 1.82) is 0 Å². The van der Waals surface area contributed by atoms with Gasteiger partial charge in [-0.3, -0.25) is 0 Å². The second kappa shape index (κ2) is 4.06. The van der Waals surface area contributed by atoms with Crippen LogP contribution in [-0.2, 0) is 0 Å². The molecule has 4 nitrogen and oxygen atoms in total. The van der Waals surface area contributed by atoms with Crippen LogP contribution in [0.3, 0.4) is 0 Å². The van der Waals surface area contributed by atoms with Gasteiger partial charge in [0.1, 0.15) is 5.75 Å². The normalized spacial score (nSPS) is 10.4. The third-order valence-electron chi connectivity index (χ3n) is 2.28. The van der Waals surface area contributed by atoms with E-state index in [0.717, 1.165) is 11.1 Å². The molecule has 0 spiro atoms. The van der Waals surface area contributed by atoms with E-state index in [1.54, 1.807) is 13.3 Å². The molecule has 0 aliphatic carbocycles. The topological polar surface area (TPSA) is 61.3 Å². The zero-order valence-electron chi connectivity index (χ0n) is 8.95. The van der Waals surface area contributed by atoms with Crippen molar-refractivity contribution < 1.29 is 9.26 Å². The number of hydrogen-bond donors (Lipinski definition) is 1. The molecule has 0 fully saturated rings. The van der Waals surface area contributed by atoms with E-state index < -0.39 is 0 Å². The number of aryl methyl sites for hydroxylation is 1. The maximum Gasteiger partial charge on any atom is 0.230 e. The lowest BCUT2D eigenvalue weighted by Gasteiger charge is -2.10. The first-order valence-corrected chi connectivity index (χ1v) is 5.06. The molecule has 0 saturated carbocycles. The Hall–Kier alpha value is -1.68. The summed E-state index contributed by atoms with van der Waals surface area (Å²) in [6.45, 7) is 1.94. The summed E-state index contributed by atoms with van der Waals surface area (Å²) in [6.07, 6.45) is 1.54. The SMILES string of the molecule is COc1c(Cl)cc(C)cc1-c1cnoc1N. The van der Waals surface area contributed by atoms with Crippen LogP contribution >= 0.6 is 11.6 Å². The van der Waals surface area contributed by atoms with E-state index in [9.17, 15) is 0 Å². The standard InChI is InChI=1S/C11H11ClN2O2/c1-6-3-7(8-5-14-16-11(8)13)10(15-2)9(12)4-6/h3-5H,13H2,1-2H3. The molecule has 5 heteroatoms. The van der Waals surface area contributed by atoms with Crippen molar-refractivity contribution in [3.05, 3.63) is 28.9 Å². The number of rotatable bonds is 2. The number of nitrogens with zero attached hydrogens (tertiary/aromatic N) is 1. The van der Waals surface area contributed by atoms with Crippen LogP contribution in [0.1, 0.15) is 5.56 Å². The number of aromatic nitrogens is 1. The Kier molecular flexibility index (Phi) is 2.75. The Morgan fingerprint density at radius 3 is 2.69 bits per heavy atom. The van der Waals surface area contributed by atoms with Crippen LogP contribution in [0.25, 0.3) is 11.1 Å². The fraction of sp³-hybridized carbons (Fsp3) is 0.182. The molecule has 2 N–H and O–H groups in total. The van der Waals surface area contributed by atoms with Crippen molar-refractivity contribution >= 4 is 17.5 Å². The zero-order chi connectivity index (χ0) is 11.7. The zero-order valence-corrected chi connectivity index (χ0v) is 9.71. The fourth-order valence-electron chi connectivity index (χ4n) is 1.59. The molecule has 0 aliphatic heterocycles.